The normalized spacial score (nSPS) is 11.6. The van der Waals surface area contributed by atoms with E-state index < -0.39 is 5.54 Å². The fraction of sp³-hybridized carbons (Fsp3) is 0.467. The number of hydrogen-bond acceptors (Lipinski definition) is 5. The fourth-order valence-corrected chi connectivity index (χ4v) is 3.86. The summed E-state index contributed by atoms with van der Waals surface area (Å²) in [4.78, 5) is 18.7. The van der Waals surface area contributed by atoms with Crippen molar-refractivity contribution in [3.63, 3.8) is 0 Å². The van der Waals surface area contributed by atoms with E-state index in [0.29, 0.717) is 17.7 Å². The molecule has 2 aromatic rings. The molecule has 2 N–H and O–H groups in total. The highest BCUT2D eigenvalue weighted by atomic mass is 32.1. The molecule has 0 bridgehead atoms. The highest BCUT2D eigenvalue weighted by Gasteiger charge is 2.29. The number of aliphatic hydroxyl groups is 1. The Morgan fingerprint density at radius 1 is 1.43 bits per heavy atom. The molecule has 0 radical (unpaired) electrons. The molecule has 4 nitrogen and oxygen atoms in total. The lowest BCUT2D eigenvalue weighted by molar-refractivity contribution is 0.0821. The van der Waals surface area contributed by atoms with E-state index in [1.54, 1.807) is 11.3 Å². The van der Waals surface area contributed by atoms with Crippen molar-refractivity contribution >= 4 is 28.6 Å². The van der Waals surface area contributed by atoms with Crippen LogP contribution in [0.4, 0.5) is 0 Å². The van der Waals surface area contributed by atoms with E-state index in [4.69, 9.17) is 0 Å². The van der Waals surface area contributed by atoms with E-state index in [1.807, 2.05) is 38.3 Å². The number of carbonyl (C=O) groups is 1. The Labute approximate surface area is 132 Å². The van der Waals surface area contributed by atoms with Crippen molar-refractivity contribution in [1.29, 1.82) is 0 Å². The summed E-state index contributed by atoms with van der Waals surface area (Å²) < 4.78 is 0. The summed E-state index contributed by atoms with van der Waals surface area (Å²) in [6.07, 6.45) is 1.39. The molecular weight excluding hydrogens is 304 g/mol. The van der Waals surface area contributed by atoms with Crippen molar-refractivity contribution in [3.8, 4) is 9.88 Å². The lowest BCUT2D eigenvalue weighted by Crippen LogP contribution is -2.50. The van der Waals surface area contributed by atoms with Crippen LogP contribution < -0.4 is 5.32 Å². The van der Waals surface area contributed by atoms with Crippen molar-refractivity contribution in [3.05, 3.63) is 28.1 Å². The molecule has 2 rings (SSSR count). The van der Waals surface area contributed by atoms with Gasteiger partial charge < -0.3 is 10.4 Å². The third-order valence-electron chi connectivity index (χ3n) is 3.77. The Hall–Kier alpha value is -1.24. The minimum atomic E-state index is -0.545. The van der Waals surface area contributed by atoms with Gasteiger partial charge in [0.05, 0.1) is 22.7 Å². The van der Waals surface area contributed by atoms with Gasteiger partial charge in [-0.25, -0.2) is 4.98 Å². The number of aliphatic hydroxyl groups excluding tert-OH is 1. The third-order valence-corrected chi connectivity index (χ3v) is 5.96. The molecule has 0 aliphatic rings. The first-order chi connectivity index (χ1) is 10.0. The summed E-state index contributed by atoms with van der Waals surface area (Å²) in [7, 11) is 0. The van der Waals surface area contributed by atoms with Crippen molar-refractivity contribution in [1.82, 2.24) is 10.3 Å². The molecule has 2 aromatic heterocycles. The zero-order chi connectivity index (χ0) is 15.5. The lowest BCUT2D eigenvalue weighted by atomic mass is 9.94. The smallest absolute Gasteiger partial charge is 0.263 e. The van der Waals surface area contributed by atoms with Crippen LogP contribution in [-0.4, -0.2) is 28.1 Å². The van der Waals surface area contributed by atoms with Crippen LogP contribution in [0.5, 0.6) is 0 Å². The first-order valence-corrected chi connectivity index (χ1v) is 8.69. The molecule has 0 spiro atoms. The summed E-state index contributed by atoms with van der Waals surface area (Å²) in [6.45, 7) is 5.73. The van der Waals surface area contributed by atoms with E-state index >= 15 is 0 Å². The van der Waals surface area contributed by atoms with Crippen LogP contribution >= 0.6 is 22.7 Å². The predicted octanol–water partition coefficient (Wildman–Crippen LogP) is 3.46. The number of carbonyl (C=O) groups excluding carboxylic acids is 1. The van der Waals surface area contributed by atoms with E-state index in [9.17, 15) is 9.90 Å². The maximum absolute atomic E-state index is 12.5. The van der Waals surface area contributed by atoms with Crippen LogP contribution in [0.2, 0.25) is 0 Å². The van der Waals surface area contributed by atoms with Gasteiger partial charge in [0, 0.05) is 0 Å². The Balaban J connectivity index is 2.24. The zero-order valence-electron chi connectivity index (χ0n) is 12.5. The number of aromatic nitrogens is 1. The Kier molecular flexibility index (Phi) is 5.13. The van der Waals surface area contributed by atoms with E-state index in [0.717, 1.165) is 15.6 Å². The van der Waals surface area contributed by atoms with E-state index in [-0.39, 0.29) is 12.5 Å². The molecule has 6 heteroatoms. The average molecular weight is 324 g/mol. The quantitative estimate of drug-likeness (QED) is 0.855. The van der Waals surface area contributed by atoms with Crippen LogP contribution in [0.15, 0.2) is 17.5 Å². The molecule has 0 saturated heterocycles. The number of amides is 1. The van der Waals surface area contributed by atoms with Crippen molar-refractivity contribution in [2.24, 2.45) is 0 Å². The highest BCUT2D eigenvalue weighted by molar-refractivity contribution is 7.22. The Morgan fingerprint density at radius 2 is 2.14 bits per heavy atom. The Bertz CT molecular complexity index is 593. The third kappa shape index (κ3) is 3.33. The molecule has 0 aromatic carbocycles. The molecule has 0 fully saturated rings. The number of aryl methyl sites for hydroxylation is 1. The molecule has 114 valence electrons. The summed E-state index contributed by atoms with van der Waals surface area (Å²) in [5, 5.41) is 15.4. The number of thiophene rings is 1. The monoisotopic (exact) mass is 324 g/mol. The van der Waals surface area contributed by atoms with E-state index in [1.165, 1.54) is 11.3 Å². The number of thiazole rings is 1. The Morgan fingerprint density at radius 3 is 2.67 bits per heavy atom. The van der Waals surface area contributed by atoms with Crippen LogP contribution in [0.25, 0.3) is 9.88 Å². The predicted molar refractivity (Wildman–Crippen MR) is 88.0 cm³/mol. The summed E-state index contributed by atoms with van der Waals surface area (Å²) in [5.41, 5.74) is 0.191. The van der Waals surface area contributed by atoms with Gasteiger partial charge in [-0.15, -0.1) is 22.7 Å². The molecule has 21 heavy (non-hydrogen) atoms. The van der Waals surface area contributed by atoms with Gasteiger partial charge in [0.15, 0.2) is 0 Å². The van der Waals surface area contributed by atoms with Crippen molar-refractivity contribution in [2.45, 2.75) is 39.2 Å². The van der Waals surface area contributed by atoms with Crippen LogP contribution in [-0.2, 0) is 0 Å². The fourth-order valence-electron chi connectivity index (χ4n) is 2.10. The second-order valence-corrected chi connectivity index (χ2v) is 6.96. The van der Waals surface area contributed by atoms with Gasteiger partial charge in [0.2, 0.25) is 0 Å². The summed E-state index contributed by atoms with van der Waals surface area (Å²) in [6, 6.07) is 3.97. The number of hydrogen-bond donors (Lipinski definition) is 2. The SMILES string of the molecule is CCC(CC)(CO)NC(=O)c1sc(-c2cccs2)nc1C. The van der Waals surface area contributed by atoms with Gasteiger partial charge in [0.25, 0.3) is 5.91 Å². The first-order valence-electron chi connectivity index (χ1n) is 7.00. The highest BCUT2D eigenvalue weighted by Crippen LogP contribution is 2.31. The average Bonchev–Trinajstić information content (AvgIpc) is 3.14. The van der Waals surface area contributed by atoms with Crippen LogP contribution in [0.3, 0.4) is 0 Å². The van der Waals surface area contributed by atoms with Gasteiger partial charge in [0.1, 0.15) is 9.88 Å². The summed E-state index contributed by atoms with van der Waals surface area (Å²) in [5.74, 6) is -0.148. The minimum Gasteiger partial charge on any atom is -0.394 e. The number of nitrogens with zero attached hydrogens (tertiary/aromatic N) is 1. The molecule has 0 unspecified atom stereocenters. The second-order valence-electron chi connectivity index (χ2n) is 5.01. The van der Waals surface area contributed by atoms with E-state index in [2.05, 4.69) is 10.3 Å². The van der Waals surface area contributed by atoms with Gasteiger partial charge in [-0.05, 0) is 31.2 Å². The molecule has 0 saturated carbocycles. The van der Waals surface area contributed by atoms with Gasteiger partial charge in [-0.1, -0.05) is 19.9 Å². The standard InChI is InChI=1S/C15H20N2O2S2/c1-4-15(5-2,9-18)17-13(19)12-10(3)16-14(21-12)11-7-6-8-20-11/h6-8,18H,4-5,9H2,1-3H3,(H,17,19). The molecular formula is C15H20N2O2S2. The summed E-state index contributed by atoms with van der Waals surface area (Å²) >= 11 is 3.02. The second kappa shape index (κ2) is 6.68. The molecule has 0 atom stereocenters. The maximum Gasteiger partial charge on any atom is 0.263 e. The van der Waals surface area contributed by atoms with Crippen LogP contribution in [0, 0.1) is 6.92 Å². The van der Waals surface area contributed by atoms with Gasteiger partial charge in [-0.3, -0.25) is 4.79 Å². The molecule has 0 aliphatic carbocycles. The van der Waals surface area contributed by atoms with Crippen LogP contribution in [0.1, 0.15) is 42.1 Å². The zero-order valence-corrected chi connectivity index (χ0v) is 14.1. The van der Waals surface area contributed by atoms with Gasteiger partial charge in [-0.2, -0.15) is 0 Å². The first kappa shape index (κ1) is 16.1. The van der Waals surface area contributed by atoms with Crippen molar-refractivity contribution < 1.29 is 9.90 Å². The minimum absolute atomic E-state index is 0.0542. The van der Waals surface area contributed by atoms with Gasteiger partial charge >= 0.3 is 0 Å². The number of nitrogens with one attached hydrogen (secondary N) is 1. The maximum atomic E-state index is 12.5. The number of rotatable bonds is 6. The molecule has 0 aliphatic heterocycles. The topological polar surface area (TPSA) is 62.2 Å². The largest absolute Gasteiger partial charge is 0.394 e. The van der Waals surface area contributed by atoms with Crippen molar-refractivity contribution in [2.75, 3.05) is 6.61 Å². The molecule has 2 heterocycles. The molecule has 1 amide bonds. The lowest BCUT2D eigenvalue weighted by Gasteiger charge is -2.30.